The molecular weight excluding hydrogens is 325 g/mol. The predicted octanol–water partition coefficient (Wildman–Crippen LogP) is 4.14. The minimum atomic E-state index is -0.435. The minimum absolute atomic E-state index is 0.222. The fourth-order valence-corrected chi connectivity index (χ4v) is 2.19. The number of amides is 1. The van der Waals surface area contributed by atoms with Gasteiger partial charge in [-0.2, -0.15) is 0 Å². The third-order valence-electron chi connectivity index (χ3n) is 3.33. The Bertz CT molecular complexity index is 474. The first-order valence-corrected chi connectivity index (χ1v) is 8.80. The second-order valence-corrected chi connectivity index (χ2v) is 6.99. The fourth-order valence-electron chi connectivity index (χ4n) is 2.19. The molecule has 5 nitrogen and oxygen atoms in total. The molecule has 1 saturated heterocycles. The smallest absolute Gasteiger partial charge is 0.410 e. The van der Waals surface area contributed by atoms with E-state index < -0.39 is 5.60 Å². The van der Waals surface area contributed by atoms with E-state index >= 15 is 0 Å². The van der Waals surface area contributed by atoms with E-state index in [-0.39, 0.29) is 6.09 Å². The van der Waals surface area contributed by atoms with Crippen molar-refractivity contribution in [3.05, 3.63) is 30.3 Å². The summed E-state index contributed by atoms with van der Waals surface area (Å²) >= 11 is 0. The van der Waals surface area contributed by atoms with Crippen molar-refractivity contribution in [3.8, 4) is 5.75 Å². The van der Waals surface area contributed by atoms with Gasteiger partial charge in [0.1, 0.15) is 11.4 Å². The lowest BCUT2D eigenvalue weighted by atomic mass is 10.1. The molecule has 1 heterocycles. The lowest BCUT2D eigenvalue weighted by Gasteiger charge is -2.24. The first-order valence-electron chi connectivity index (χ1n) is 8.33. The quantitative estimate of drug-likeness (QED) is 0.762. The molecule has 2 atom stereocenters. The molecule has 0 aromatic heterocycles. The predicted molar refractivity (Wildman–Crippen MR) is 99.2 cm³/mol. The maximum Gasteiger partial charge on any atom is 0.410 e. The molecule has 2 unspecified atom stereocenters. The van der Waals surface area contributed by atoms with E-state index in [9.17, 15) is 4.79 Å². The molecule has 136 valence electrons. The largest absolute Gasteiger partial charge is 0.493 e. The maximum absolute atomic E-state index is 11.9. The summed E-state index contributed by atoms with van der Waals surface area (Å²) in [6.07, 6.45) is 0.742. The molecule has 0 N–H and O–H groups in total. The SMILES string of the molecule is CC(C)(C)OC(=O)N1CCC(COc2ccccc2)C1.CCOP. The van der Waals surface area contributed by atoms with Gasteiger partial charge in [-0.15, -0.1) is 0 Å². The van der Waals surface area contributed by atoms with E-state index in [0.717, 1.165) is 25.3 Å². The van der Waals surface area contributed by atoms with Gasteiger partial charge < -0.3 is 18.9 Å². The summed E-state index contributed by atoms with van der Waals surface area (Å²) < 4.78 is 15.6. The summed E-state index contributed by atoms with van der Waals surface area (Å²) in [6.45, 7) is 10.5. The zero-order valence-electron chi connectivity index (χ0n) is 15.2. The summed E-state index contributed by atoms with van der Waals surface area (Å²) in [4.78, 5) is 13.7. The lowest BCUT2D eigenvalue weighted by Crippen LogP contribution is -2.35. The second kappa shape index (κ2) is 10.5. The average molecular weight is 355 g/mol. The van der Waals surface area contributed by atoms with E-state index in [2.05, 4.69) is 14.0 Å². The van der Waals surface area contributed by atoms with Crippen LogP contribution in [0.2, 0.25) is 0 Å². The van der Waals surface area contributed by atoms with Gasteiger partial charge in [-0.05, 0) is 46.2 Å². The standard InChI is InChI=1S/C16H23NO3.C2H7OP/c1-16(2,3)20-15(18)17-10-9-13(11-17)12-19-14-7-5-4-6-8-14;1-2-3-4/h4-8,13H,9-12H2,1-3H3;2,4H2,1H3. The van der Waals surface area contributed by atoms with Crippen LogP contribution in [0.25, 0.3) is 0 Å². The van der Waals surface area contributed by atoms with Gasteiger partial charge in [-0.25, -0.2) is 4.79 Å². The van der Waals surface area contributed by atoms with Crippen molar-refractivity contribution in [1.82, 2.24) is 4.90 Å². The fraction of sp³-hybridized carbons (Fsp3) is 0.611. The molecule has 24 heavy (non-hydrogen) atoms. The zero-order valence-corrected chi connectivity index (χ0v) is 16.3. The van der Waals surface area contributed by atoms with Crippen LogP contribution in [0.1, 0.15) is 34.1 Å². The number of likely N-dealkylation sites (tertiary alicyclic amines) is 1. The van der Waals surface area contributed by atoms with Gasteiger partial charge in [0.25, 0.3) is 0 Å². The second-order valence-electron chi connectivity index (χ2n) is 6.66. The maximum atomic E-state index is 11.9. The number of carbonyl (C=O) groups excluding carboxylic acids is 1. The number of carbonyl (C=O) groups is 1. The Kier molecular flexibility index (Phi) is 9.09. The van der Waals surface area contributed by atoms with E-state index in [1.165, 1.54) is 0 Å². The van der Waals surface area contributed by atoms with Crippen LogP contribution in [-0.4, -0.2) is 42.9 Å². The van der Waals surface area contributed by atoms with E-state index in [1.807, 2.05) is 58.0 Å². The van der Waals surface area contributed by atoms with Crippen molar-refractivity contribution >= 4 is 15.6 Å². The molecule has 2 rings (SSSR count). The van der Waals surface area contributed by atoms with Crippen molar-refractivity contribution < 1.29 is 18.8 Å². The van der Waals surface area contributed by atoms with Gasteiger partial charge in [-0.3, -0.25) is 0 Å². The monoisotopic (exact) mass is 355 g/mol. The molecule has 0 radical (unpaired) electrons. The van der Waals surface area contributed by atoms with Crippen molar-refractivity contribution in [2.75, 3.05) is 26.3 Å². The molecule has 1 aliphatic heterocycles. The van der Waals surface area contributed by atoms with Gasteiger partial charge >= 0.3 is 6.09 Å². The highest BCUT2D eigenvalue weighted by molar-refractivity contribution is 7.09. The molecule has 0 bridgehead atoms. The summed E-state index contributed by atoms with van der Waals surface area (Å²) in [5.74, 6) is 1.26. The molecule has 0 aliphatic carbocycles. The summed E-state index contributed by atoms with van der Waals surface area (Å²) in [5.41, 5.74) is -0.435. The van der Waals surface area contributed by atoms with E-state index in [1.54, 1.807) is 4.90 Å². The molecular formula is C18H30NO4P. The number of rotatable bonds is 4. The highest BCUT2D eigenvalue weighted by atomic mass is 31.0. The number of ether oxygens (including phenoxy) is 2. The Morgan fingerprint density at radius 1 is 1.29 bits per heavy atom. The number of nitrogens with zero attached hydrogens (tertiary/aromatic N) is 1. The summed E-state index contributed by atoms with van der Waals surface area (Å²) in [7, 11) is 2.16. The first kappa shape index (κ1) is 20.7. The minimum Gasteiger partial charge on any atom is -0.493 e. The van der Waals surface area contributed by atoms with Crippen molar-refractivity contribution in [2.45, 2.75) is 39.7 Å². The molecule has 1 fully saturated rings. The molecule has 1 aliphatic rings. The van der Waals surface area contributed by atoms with E-state index in [0.29, 0.717) is 19.1 Å². The Labute approximate surface area is 147 Å². The summed E-state index contributed by atoms with van der Waals surface area (Å²) in [5, 5.41) is 0. The van der Waals surface area contributed by atoms with Crippen LogP contribution in [-0.2, 0) is 9.26 Å². The Hall–Kier alpha value is -1.32. The van der Waals surface area contributed by atoms with Crippen LogP contribution in [0.15, 0.2) is 30.3 Å². The van der Waals surface area contributed by atoms with Crippen molar-refractivity contribution in [3.63, 3.8) is 0 Å². The van der Waals surface area contributed by atoms with Crippen LogP contribution in [0, 0.1) is 5.92 Å². The van der Waals surface area contributed by atoms with Crippen LogP contribution >= 0.6 is 9.47 Å². The van der Waals surface area contributed by atoms with Crippen LogP contribution < -0.4 is 4.74 Å². The molecule has 1 aromatic rings. The summed E-state index contributed by atoms with van der Waals surface area (Å²) in [6, 6.07) is 9.77. The normalized spacial score (nSPS) is 17.0. The number of benzene rings is 1. The Balaban J connectivity index is 0.000000648. The average Bonchev–Trinajstić information content (AvgIpc) is 3.02. The van der Waals surface area contributed by atoms with Gasteiger partial charge in [0.15, 0.2) is 0 Å². The third kappa shape index (κ3) is 8.51. The molecule has 0 saturated carbocycles. The van der Waals surface area contributed by atoms with E-state index in [4.69, 9.17) is 9.47 Å². The van der Waals surface area contributed by atoms with Gasteiger partial charge in [0, 0.05) is 35.1 Å². The first-order chi connectivity index (χ1) is 11.4. The molecule has 1 aromatic carbocycles. The zero-order chi connectivity index (χ0) is 18.0. The van der Waals surface area contributed by atoms with Gasteiger partial charge in [0.2, 0.25) is 0 Å². The third-order valence-corrected chi connectivity index (χ3v) is 3.67. The van der Waals surface area contributed by atoms with Crippen molar-refractivity contribution in [1.29, 1.82) is 0 Å². The van der Waals surface area contributed by atoms with Crippen molar-refractivity contribution in [2.24, 2.45) is 5.92 Å². The number of para-hydroxylation sites is 1. The number of hydrogen-bond acceptors (Lipinski definition) is 4. The number of hydrogen-bond donors (Lipinski definition) is 0. The molecule has 1 amide bonds. The van der Waals surface area contributed by atoms with Crippen LogP contribution in [0.3, 0.4) is 0 Å². The molecule has 6 heteroatoms. The lowest BCUT2D eigenvalue weighted by molar-refractivity contribution is 0.0285. The topological polar surface area (TPSA) is 48.0 Å². The van der Waals surface area contributed by atoms with Crippen LogP contribution in [0.5, 0.6) is 5.75 Å². The molecule has 0 spiro atoms. The highest BCUT2D eigenvalue weighted by Gasteiger charge is 2.29. The Morgan fingerprint density at radius 2 is 1.92 bits per heavy atom. The van der Waals surface area contributed by atoms with Crippen LogP contribution in [0.4, 0.5) is 4.79 Å². The van der Waals surface area contributed by atoms with Gasteiger partial charge in [0.05, 0.1) is 6.61 Å². The highest BCUT2D eigenvalue weighted by Crippen LogP contribution is 2.20. The van der Waals surface area contributed by atoms with Gasteiger partial charge in [-0.1, -0.05) is 18.2 Å². The Morgan fingerprint density at radius 3 is 2.46 bits per heavy atom.